The third kappa shape index (κ3) is 3.05. The molecule has 0 aromatic carbocycles. The highest BCUT2D eigenvalue weighted by atomic mass is 14.7. The zero-order valence-electron chi connectivity index (χ0n) is 10.5. The second-order valence-corrected chi connectivity index (χ2v) is 4.44. The van der Waals surface area contributed by atoms with Crippen LogP contribution in [0.15, 0.2) is 12.3 Å². The molecular weight excluding hydrogens is 182 g/mol. The summed E-state index contributed by atoms with van der Waals surface area (Å²) in [6, 6.07) is 2.18. The first-order chi connectivity index (χ1) is 7.20. The van der Waals surface area contributed by atoms with Crippen molar-refractivity contribution in [2.75, 3.05) is 0 Å². The van der Waals surface area contributed by atoms with E-state index in [0.717, 1.165) is 12.8 Å². The number of pyridine rings is 1. The average Bonchev–Trinajstić information content (AvgIpc) is 2.25. The fourth-order valence-electron chi connectivity index (χ4n) is 2.06. The third-order valence-corrected chi connectivity index (χ3v) is 2.92. The molecule has 1 aromatic rings. The van der Waals surface area contributed by atoms with Crippen LogP contribution in [0.2, 0.25) is 0 Å². The summed E-state index contributed by atoms with van der Waals surface area (Å²) in [4.78, 5) is 4.53. The average molecular weight is 205 g/mol. The van der Waals surface area contributed by atoms with Crippen LogP contribution in [0, 0.1) is 0 Å². The topological polar surface area (TPSA) is 12.9 Å². The first-order valence-electron chi connectivity index (χ1n) is 6.17. The van der Waals surface area contributed by atoms with Crippen molar-refractivity contribution in [1.82, 2.24) is 4.98 Å². The Hall–Kier alpha value is -0.850. The smallest absolute Gasteiger partial charge is 0.0438 e. The zero-order valence-corrected chi connectivity index (χ0v) is 10.5. The lowest BCUT2D eigenvalue weighted by Gasteiger charge is -2.14. The van der Waals surface area contributed by atoms with Gasteiger partial charge in [0, 0.05) is 11.9 Å². The van der Waals surface area contributed by atoms with Crippen molar-refractivity contribution >= 4 is 0 Å². The normalized spacial score (nSPS) is 11.0. The molecule has 1 heteroatoms. The molecule has 1 rings (SSSR count). The Labute approximate surface area is 93.9 Å². The Morgan fingerprint density at radius 3 is 2.53 bits per heavy atom. The van der Waals surface area contributed by atoms with Gasteiger partial charge in [0.2, 0.25) is 0 Å². The summed E-state index contributed by atoms with van der Waals surface area (Å²) in [5.41, 5.74) is 4.30. The van der Waals surface area contributed by atoms with Crippen LogP contribution in [0.4, 0.5) is 0 Å². The van der Waals surface area contributed by atoms with Crippen molar-refractivity contribution in [1.29, 1.82) is 0 Å². The van der Waals surface area contributed by atoms with E-state index < -0.39 is 0 Å². The molecule has 0 atom stereocenters. The van der Waals surface area contributed by atoms with Gasteiger partial charge in [0.1, 0.15) is 0 Å². The van der Waals surface area contributed by atoms with Crippen molar-refractivity contribution < 1.29 is 0 Å². The van der Waals surface area contributed by atoms with E-state index in [-0.39, 0.29) is 0 Å². The van der Waals surface area contributed by atoms with Gasteiger partial charge in [0.05, 0.1) is 0 Å². The molecular formula is C14H23N. The van der Waals surface area contributed by atoms with Gasteiger partial charge in [-0.2, -0.15) is 0 Å². The lowest BCUT2D eigenvalue weighted by Crippen LogP contribution is -2.03. The predicted molar refractivity (Wildman–Crippen MR) is 66.3 cm³/mol. The van der Waals surface area contributed by atoms with Crippen molar-refractivity contribution in [3.05, 3.63) is 29.1 Å². The van der Waals surface area contributed by atoms with Gasteiger partial charge < -0.3 is 0 Å². The minimum atomic E-state index is 0.614. The van der Waals surface area contributed by atoms with E-state index in [1.807, 2.05) is 6.20 Å². The van der Waals surface area contributed by atoms with Crippen LogP contribution >= 0.6 is 0 Å². The lowest BCUT2D eigenvalue weighted by molar-refractivity contribution is 0.752. The van der Waals surface area contributed by atoms with Gasteiger partial charge in [-0.15, -0.1) is 0 Å². The van der Waals surface area contributed by atoms with Crippen LogP contribution in [-0.2, 0) is 12.8 Å². The van der Waals surface area contributed by atoms with Gasteiger partial charge in [0.15, 0.2) is 0 Å². The molecule has 0 aliphatic heterocycles. The third-order valence-electron chi connectivity index (χ3n) is 2.92. The Kier molecular flexibility index (Phi) is 4.80. The summed E-state index contributed by atoms with van der Waals surface area (Å²) in [5, 5.41) is 0. The Morgan fingerprint density at radius 2 is 2.00 bits per heavy atom. The minimum absolute atomic E-state index is 0.614. The molecule has 0 saturated heterocycles. The highest BCUT2D eigenvalue weighted by Gasteiger charge is 2.09. The first-order valence-corrected chi connectivity index (χ1v) is 6.17. The van der Waals surface area contributed by atoms with E-state index in [4.69, 9.17) is 0 Å². The minimum Gasteiger partial charge on any atom is -0.261 e. The van der Waals surface area contributed by atoms with E-state index >= 15 is 0 Å². The number of nitrogens with zero attached hydrogens (tertiary/aromatic N) is 1. The van der Waals surface area contributed by atoms with Gasteiger partial charge in [-0.3, -0.25) is 4.98 Å². The van der Waals surface area contributed by atoms with Gasteiger partial charge >= 0.3 is 0 Å². The molecule has 0 amide bonds. The first kappa shape index (κ1) is 12.2. The van der Waals surface area contributed by atoms with Crippen LogP contribution < -0.4 is 0 Å². The summed E-state index contributed by atoms with van der Waals surface area (Å²) in [7, 11) is 0. The van der Waals surface area contributed by atoms with Gasteiger partial charge in [-0.05, 0) is 42.4 Å². The highest BCUT2D eigenvalue weighted by Crippen LogP contribution is 2.22. The van der Waals surface area contributed by atoms with Crippen molar-refractivity contribution in [3.8, 4) is 0 Å². The van der Waals surface area contributed by atoms with Crippen molar-refractivity contribution in [3.63, 3.8) is 0 Å². The quantitative estimate of drug-likeness (QED) is 0.705. The molecule has 0 unspecified atom stereocenters. The molecule has 1 nitrogen and oxygen atoms in total. The van der Waals surface area contributed by atoms with E-state index in [0.29, 0.717) is 5.92 Å². The fraction of sp³-hybridized carbons (Fsp3) is 0.643. The monoisotopic (exact) mass is 205 g/mol. The summed E-state index contributed by atoms with van der Waals surface area (Å²) in [5.74, 6) is 0.614. The predicted octanol–water partition coefficient (Wildman–Crippen LogP) is 4.11. The summed E-state index contributed by atoms with van der Waals surface area (Å²) in [6.07, 6.45) is 6.72. The van der Waals surface area contributed by atoms with Crippen molar-refractivity contribution in [2.45, 2.75) is 59.3 Å². The number of rotatable bonds is 5. The van der Waals surface area contributed by atoms with Crippen LogP contribution in [-0.4, -0.2) is 4.98 Å². The maximum Gasteiger partial charge on any atom is 0.0438 e. The van der Waals surface area contributed by atoms with Gasteiger partial charge in [0.25, 0.3) is 0 Å². The molecule has 84 valence electrons. The number of hydrogen-bond acceptors (Lipinski definition) is 1. The zero-order chi connectivity index (χ0) is 11.3. The number of unbranched alkanes of at least 4 members (excludes halogenated alkanes) is 1. The lowest BCUT2D eigenvalue weighted by atomic mass is 9.93. The second-order valence-electron chi connectivity index (χ2n) is 4.44. The molecule has 0 bridgehead atoms. The van der Waals surface area contributed by atoms with Crippen LogP contribution in [0.5, 0.6) is 0 Å². The van der Waals surface area contributed by atoms with E-state index in [9.17, 15) is 0 Å². The Bertz CT molecular complexity index is 302. The maximum absolute atomic E-state index is 4.53. The molecule has 15 heavy (non-hydrogen) atoms. The molecule has 0 N–H and O–H groups in total. The molecule has 1 aromatic heterocycles. The molecule has 0 aliphatic carbocycles. The maximum atomic E-state index is 4.53. The number of aromatic nitrogens is 1. The SMILES string of the molecule is CCCCc1nccc(C(C)C)c1CC. The summed E-state index contributed by atoms with van der Waals surface area (Å²) >= 11 is 0. The van der Waals surface area contributed by atoms with E-state index in [1.165, 1.54) is 29.7 Å². The molecule has 0 spiro atoms. The van der Waals surface area contributed by atoms with E-state index in [2.05, 4.69) is 38.7 Å². The highest BCUT2D eigenvalue weighted by molar-refractivity contribution is 5.32. The number of aryl methyl sites for hydroxylation is 1. The van der Waals surface area contributed by atoms with Crippen LogP contribution in [0.25, 0.3) is 0 Å². The molecule has 1 heterocycles. The summed E-state index contributed by atoms with van der Waals surface area (Å²) in [6.45, 7) is 8.99. The fourth-order valence-corrected chi connectivity index (χ4v) is 2.06. The van der Waals surface area contributed by atoms with Gasteiger partial charge in [-0.1, -0.05) is 34.1 Å². The molecule has 0 saturated carbocycles. The molecule has 0 aliphatic rings. The van der Waals surface area contributed by atoms with Crippen LogP contribution in [0.3, 0.4) is 0 Å². The molecule has 0 radical (unpaired) electrons. The summed E-state index contributed by atoms with van der Waals surface area (Å²) < 4.78 is 0. The number of hydrogen-bond donors (Lipinski definition) is 0. The van der Waals surface area contributed by atoms with Crippen LogP contribution in [0.1, 0.15) is 63.3 Å². The molecule has 0 fully saturated rings. The van der Waals surface area contributed by atoms with Gasteiger partial charge in [-0.25, -0.2) is 0 Å². The Balaban J connectivity index is 2.99. The second kappa shape index (κ2) is 5.89. The van der Waals surface area contributed by atoms with Crippen molar-refractivity contribution in [2.24, 2.45) is 0 Å². The standard InChI is InChI=1S/C14H23N/c1-5-7-8-14-12(6-2)13(11(3)4)9-10-15-14/h9-11H,5-8H2,1-4H3. The largest absolute Gasteiger partial charge is 0.261 e. The van der Waals surface area contributed by atoms with E-state index in [1.54, 1.807) is 0 Å². The Morgan fingerprint density at radius 1 is 1.27 bits per heavy atom.